The van der Waals surface area contributed by atoms with Gasteiger partial charge < -0.3 is 93.7 Å². The van der Waals surface area contributed by atoms with Gasteiger partial charge in [0, 0.05) is 35.5 Å². The Hall–Kier alpha value is -4.08. The molecule has 23 nitrogen and oxygen atoms in total. The third-order valence-corrected chi connectivity index (χ3v) is 13.1. The first-order chi connectivity index (χ1) is 31.3. The summed E-state index contributed by atoms with van der Waals surface area (Å²) in [4.78, 5) is 52.6. The van der Waals surface area contributed by atoms with Gasteiger partial charge in [-0.3, -0.25) is 9.59 Å². The van der Waals surface area contributed by atoms with E-state index in [-0.39, 0.29) is 53.8 Å². The Kier molecular flexibility index (Phi) is 18.7. The van der Waals surface area contributed by atoms with E-state index in [4.69, 9.17) is 42.6 Å². The summed E-state index contributed by atoms with van der Waals surface area (Å²) in [7, 11) is 1.13. The van der Waals surface area contributed by atoms with Crippen LogP contribution >= 0.6 is 0 Å². The summed E-state index contributed by atoms with van der Waals surface area (Å²) in [5, 5.41) is 101. The van der Waals surface area contributed by atoms with Crippen LogP contribution in [0.5, 0.6) is 0 Å². The molecule has 0 amide bonds. The van der Waals surface area contributed by atoms with Gasteiger partial charge in [0.25, 0.3) is 0 Å². The summed E-state index contributed by atoms with van der Waals surface area (Å²) in [6.45, 7) is 4.74. The van der Waals surface area contributed by atoms with Crippen LogP contribution in [-0.2, 0) is 61.8 Å². The molecule has 0 unspecified atom stereocenters. The zero-order valence-corrected chi connectivity index (χ0v) is 37.0. The second-order valence-corrected chi connectivity index (χ2v) is 16.9. The lowest BCUT2D eigenvalue weighted by molar-refractivity contribution is -0.327. The van der Waals surface area contributed by atoms with Crippen LogP contribution in [0, 0.1) is 35.5 Å². The normalized spacial score (nSPS) is 39.8. The third kappa shape index (κ3) is 11.4. The molecule has 4 aliphatic heterocycles. The molecule has 0 aromatic heterocycles. The molecule has 66 heavy (non-hydrogen) atoms. The topological polar surface area (TPSA) is 354 Å². The number of carboxylic acid groups (broad SMARTS) is 1. The number of rotatable bonds is 17. The second-order valence-electron chi connectivity index (χ2n) is 16.9. The van der Waals surface area contributed by atoms with E-state index in [0.717, 1.165) is 19.6 Å². The lowest BCUT2D eigenvalue weighted by Gasteiger charge is -2.41. The number of allylic oxidation sites excluding steroid dienone is 2. The Bertz CT molecular complexity index is 1830. The SMILES string of the molecule is C/C=C1/[C@H](O[C@@H]2O[C@H](CO)[C@@H](O)[C@H](O)[C@H]2O)OC=C(C(=O)O)[C@H]1CC(=O)O[C@H]1C[C@@H]([C@@H](C)CO)[C@H](COC(=O)C[C@@H]2C(C(=O)OC)=CO[C@@H](O[C@@H]3O[C@H](CO)[C@@H](O)[C@H](O)[C@H]3O)/C2=C/C)[C@H]1C. The van der Waals surface area contributed by atoms with E-state index >= 15 is 0 Å². The molecule has 1 saturated carbocycles. The molecule has 5 rings (SSSR count). The highest BCUT2D eigenvalue weighted by atomic mass is 16.8. The van der Waals surface area contributed by atoms with Crippen molar-refractivity contribution in [2.75, 3.05) is 33.5 Å². The van der Waals surface area contributed by atoms with Crippen LogP contribution < -0.4 is 0 Å². The number of aliphatic hydroxyl groups excluding tert-OH is 9. The minimum atomic E-state index is -1.80. The molecular formula is C43H62O23. The van der Waals surface area contributed by atoms with Gasteiger partial charge in [0.05, 0.1) is 63.4 Å². The molecule has 0 radical (unpaired) electrons. The standard InChI is InChI=1S/C43H62O23/c1-6-19-22(25(38(55)56)15-60-40(19)65-42-36(53)34(51)32(49)28(12-45)63-42)10-31(48)62-27-8-21(17(3)11-44)24(18(27)4)14-59-30(47)9-23-20(7-2)41(61-16-26(23)39(57)58-5)66-43-37(54)35(52)33(50)29(13-46)64-43/h6-7,15-18,21-24,27-29,32-37,40-46,49-54H,8-14H2,1-5H3,(H,55,56)/b19-6+,20-7+/t17-,18+,21-,22-,23-,24+,27-,28+,29+,32+,33+,34-,35-,36+,37+,40-,41-,42-,43-/m0/s1. The number of carbonyl (C=O) groups excluding carboxylic acids is 3. The maximum absolute atomic E-state index is 13.7. The van der Waals surface area contributed by atoms with Crippen molar-refractivity contribution in [3.05, 3.63) is 47.0 Å². The fourth-order valence-electron chi connectivity index (χ4n) is 9.08. The Morgan fingerprint density at radius 3 is 1.68 bits per heavy atom. The lowest BCUT2D eigenvalue weighted by atomic mass is 9.83. The maximum atomic E-state index is 13.7. The van der Waals surface area contributed by atoms with E-state index in [2.05, 4.69) is 0 Å². The molecular weight excluding hydrogens is 884 g/mol. The number of carboxylic acids is 1. The van der Waals surface area contributed by atoms with Crippen molar-refractivity contribution in [1.82, 2.24) is 0 Å². The summed E-state index contributed by atoms with van der Waals surface area (Å²) in [6.07, 6.45) is -15.8. The van der Waals surface area contributed by atoms with E-state index in [1.54, 1.807) is 20.8 Å². The monoisotopic (exact) mass is 946 g/mol. The van der Waals surface area contributed by atoms with Gasteiger partial charge in [0.1, 0.15) is 54.9 Å². The van der Waals surface area contributed by atoms with Crippen molar-refractivity contribution >= 4 is 23.9 Å². The molecule has 0 bridgehead atoms. The van der Waals surface area contributed by atoms with Crippen molar-refractivity contribution in [2.45, 2.75) is 127 Å². The summed E-state index contributed by atoms with van der Waals surface area (Å²) in [5.41, 5.74) is -0.0738. The molecule has 23 heteroatoms. The van der Waals surface area contributed by atoms with Crippen LogP contribution in [0.4, 0.5) is 0 Å². The number of aliphatic hydroxyl groups is 9. The number of esters is 3. The van der Waals surface area contributed by atoms with Crippen molar-refractivity contribution < 1.29 is 113 Å². The molecule has 3 fully saturated rings. The van der Waals surface area contributed by atoms with Gasteiger partial charge in [0.2, 0.25) is 12.6 Å². The van der Waals surface area contributed by atoms with Gasteiger partial charge in [-0.1, -0.05) is 26.0 Å². The molecule has 372 valence electrons. The van der Waals surface area contributed by atoms with E-state index in [0.29, 0.717) is 0 Å². The lowest BCUT2D eigenvalue weighted by Crippen LogP contribution is -2.60. The number of hydrogen-bond acceptors (Lipinski definition) is 22. The molecule has 19 atom stereocenters. The van der Waals surface area contributed by atoms with Crippen molar-refractivity contribution in [2.24, 2.45) is 35.5 Å². The Morgan fingerprint density at radius 2 is 1.23 bits per heavy atom. The van der Waals surface area contributed by atoms with Crippen LogP contribution in [0.15, 0.2) is 47.0 Å². The fourth-order valence-corrected chi connectivity index (χ4v) is 9.08. The summed E-state index contributed by atoms with van der Waals surface area (Å²) >= 11 is 0. The molecule has 5 aliphatic rings. The van der Waals surface area contributed by atoms with Crippen molar-refractivity contribution in [3.63, 3.8) is 0 Å². The zero-order chi connectivity index (χ0) is 48.7. The van der Waals surface area contributed by atoms with Crippen LogP contribution in [-0.4, -0.2) is 189 Å². The predicted molar refractivity (Wildman–Crippen MR) is 217 cm³/mol. The number of ether oxygens (including phenoxy) is 9. The average Bonchev–Trinajstić information content (AvgIpc) is 3.61. The van der Waals surface area contributed by atoms with E-state index in [1.807, 2.05) is 0 Å². The van der Waals surface area contributed by atoms with Crippen LogP contribution in [0.2, 0.25) is 0 Å². The Labute approximate surface area is 379 Å². The number of hydrogen-bond donors (Lipinski definition) is 10. The first-order valence-corrected chi connectivity index (χ1v) is 21.6. The minimum absolute atomic E-state index is 0.0811. The first-order valence-electron chi connectivity index (χ1n) is 21.6. The molecule has 2 saturated heterocycles. The van der Waals surface area contributed by atoms with Gasteiger partial charge in [-0.05, 0) is 38.0 Å². The van der Waals surface area contributed by atoms with Crippen LogP contribution in [0.3, 0.4) is 0 Å². The number of methoxy groups -OCH3 is 1. The van der Waals surface area contributed by atoms with Crippen molar-refractivity contribution in [1.29, 1.82) is 0 Å². The smallest absolute Gasteiger partial charge is 0.337 e. The van der Waals surface area contributed by atoms with Gasteiger partial charge in [-0.25, -0.2) is 9.59 Å². The predicted octanol–water partition coefficient (Wildman–Crippen LogP) is -2.38. The highest BCUT2D eigenvalue weighted by molar-refractivity contribution is 5.91. The van der Waals surface area contributed by atoms with Gasteiger partial charge in [-0.15, -0.1) is 0 Å². The number of carbonyl (C=O) groups is 4. The zero-order valence-electron chi connectivity index (χ0n) is 37.0. The molecule has 0 aromatic rings. The summed E-state index contributed by atoms with van der Waals surface area (Å²) < 4.78 is 50.3. The number of aliphatic carboxylic acids is 1. The van der Waals surface area contributed by atoms with E-state index in [9.17, 15) is 70.2 Å². The van der Waals surface area contributed by atoms with Crippen molar-refractivity contribution in [3.8, 4) is 0 Å². The quantitative estimate of drug-likeness (QED) is 0.0413. The largest absolute Gasteiger partial charge is 0.478 e. The Morgan fingerprint density at radius 1 is 0.742 bits per heavy atom. The highest BCUT2D eigenvalue weighted by Crippen LogP contribution is 2.44. The average molecular weight is 947 g/mol. The van der Waals surface area contributed by atoms with Crippen LogP contribution in [0.25, 0.3) is 0 Å². The van der Waals surface area contributed by atoms with Gasteiger partial charge in [-0.2, -0.15) is 0 Å². The van der Waals surface area contributed by atoms with E-state index < -0.39 is 154 Å². The van der Waals surface area contributed by atoms with Gasteiger partial charge in [0.15, 0.2) is 12.6 Å². The molecule has 1 aliphatic carbocycles. The second kappa shape index (κ2) is 23.3. The summed E-state index contributed by atoms with van der Waals surface area (Å²) in [5.74, 6) is -7.72. The van der Waals surface area contributed by atoms with Crippen LogP contribution in [0.1, 0.15) is 47.0 Å². The summed E-state index contributed by atoms with van der Waals surface area (Å²) in [6, 6.07) is 0. The molecule has 4 heterocycles. The molecule has 0 spiro atoms. The maximum Gasteiger partial charge on any atom is 0.337 e. The van der Waals surface area contributed by atoms with E-state index in [1.165, 1.54) is 19.1 Å². The minimum Gasteiger partial charge on any atom is -0.478 e. The molecule has 0 aromatic carbocycles. The van der Waals surface area contributed by atoms with Gasteiger partial charge >= 0.3 is 23.9 Å². The third-order valence-electron chi connectivity index (χ3n) is 13.1. The molecule has 10 N–H and O–H groups in total. The Balaban J connectivity index is 1.26. The first kappa shape index (κ1) is 52.9. The highest BCUT2D eigenvalue weighted by Gasteiger charge is 2.50. The fraction of sp³-hybridized carbons (Fsp3) is 0.721.